The van der Waals surface area contributed by atoms with Crippen LogP contribution in [-0.4, -0.2) is 28.5 Å². The third-order valence-corrected chi connectivity index (χ3v) is 5.72. The summed E-state index contributed by atoms with van der Waals surface area (Å²) >= 11 is 3.47. The van der Waals surface area contributed by atoms with Gasteiger partial charge in [0.1, 0.15) is 11.6 Å². The van der Waals surface area contributed by atoms with Gasteiger partial charge >= 0.3 is 6.18 Å². The largest absolute Gasteiger partial charge is 0.484 e. The highest BCUT2D eigenvalue weighted by Crippen LogP contribution is 2.33. The third-order valence-electron chi connectivity index (χ3n) is 4.96. The molecule has 0 atom stereocenters. The van der Waals surface area contributed by atoms with E-state index in [1.54, 1.807) is 18.2 Å². The molecule has 0 saturated heterocycles. The standard InChI is InChI=1S/C25H18BrF4N3O2/c26-21-22(24(34)31-14-17-8-4-5-9-20(17)35-15-25(28,29)30)32-33(19-12-10-18(27)11-13-19)23(21)16-6-2-1-3-7-16/h1-13H,14-15H2,(H,31,34). The van der Waals surface area contributed by atoms with Crippen LogP contribution >= 0.6 is 15.9 Å². The van der Waals surface area contributed by atoms with E-state index in [4.69, 9.17) is 4.74 Å². The van der Waals surface area contributed by atoms with Gasteiger partial charge in [-0.1, -0.05) is 48.5 Å². The zero-order valence-electron chi connectivity index (χ0n) is 18.0. The zero-order chi connectivity index (χ0) is 25.0. The summed E-state index contributed by atoms with van der Waals surface area (Å²) in [6.45, 7) is -1.52. The van der Waals surface area contributed by atoms with Crippen LogP contribution in [0.2, 0.25) is 0 Å². The van der Waals surface area contributed by atoms with Crippen molar-refractivity contribution in [1.82, 2.24) is 15.1 Å². The number of hydrogen-bond acceptors (Lipinski definition) is 3. The Labute approximate surface area is 206 Å². The lowest BCUT2D eigenvalue weighted by atomic mass is 10.1. The van der Waals surface area contributed by atoms with Crippen molar-refractivity contribution in [3.8, 4) is 22.7 Å². The molecule has 0 radical (unpaired) electrons. The quantitative estimate of drug-likeness (QED) is 0.276. The van der Waals surface area contributed by atoms with Crippen molar-refractivity contribution in [2.75, 3.05) is 6.61 Å². The summed E-state index contributed by atoms with van der Waals surface area (Å²) in [6.07, 6.45) is -4.48. The van der Waals surface area contributed by atoms with Crippen molar-refractivity contribution in [3.05, 3.63) is 100 Å². The molecule has 1 heterocycles. The summed E-state index contributed by atoms with van der Waals surface area (Å²) < 4.78 is 58.0. The van der Waals surface area contributed by atoms with Crippen LogP contribution in [0.25, 0.3) is 16.9 Å². The Hall–Kier alpha value is -3.66. The lowest BCUT2D eigenvalue weighted by Gasteiger charge is -2.13. The maximum atomic E-state index is 13.5. The van der Waals surface area contributed by atoms with Crippen molar-refractivity contribution in [1.29, 1.82) is 0 Å². The summed E-state index contributed by atoms with van der Waals surface area (Å²) in [5.74, 6) is -0.947. The Morgan fingerprint density at radius 2 is 1.63 bits per heavy atom. The van der Waals surface area contributed by atoms with Gasteiger partial charge in [-0.15, -0.1) is 0 Å². The minimum atomic E-state index is -4.48. The number of aromatic nitrogens is 2. The van der Waals surface area contributed by atoms with Gasteiger partial charge in [0.2, 0.25) is 0 Å². The Morgan fingerprint density at radius 3 is 2.31 bits per heavy atom. The van der Waals surface area contributed by atoms with Crippen molar-refractivity contribution in [2.45, 2.75) is 12.7 Å². The van der Waals surface area contributed by atoms with Crippen LogP contribution in [0.3, 0.4) is 0 Å². The van der Waals surface area contributed by atoms with Crippen LogP contribution in [-0.2, 0) is 6.54 Å². The van der Waals surface area contributed by atoms with Crippen LogP contribution in [0, 0.1) is 5.82 Å². The van der Waals surface area contributed by atoms with Gasteiger partial charge in [0, 0.05) is 17.7 Å². The molecule has 0 bridgehead atoms. The van der Waals surface area contributed by atoms with E-state index in [-0.39, 0.29) is 18.0 Å². The maximum absolute atomic E-state index is 13.5. The average molecular weight is 548 g/mol. The van der Waals surface area contributed by atoms with Crippen LogP contribution in [0.15, 0.2) is 83.3 Å². The van der Waals surface area contributed by atoms with Gasteiger partial charge in [-0.25, -0.2) is 9.07 Å². The second-order valence-corrected chi connectivity index (χ2v) is 8.25. The molecule has 0 aliphatic rings. The van der Waals surface area contributed by atoms with Crippen LogP contribution in [0.1, 0.15) is 16.1 Å². The van der Waals surface area contributed by atoms with Crippen molar-refractivity contribution in [3.63, 3.8) is 0 Å². The fourth-order valence-corrected chi connectivity index (χ4v) is 4.02. The molecule has 4 rings (SSSR count). The second kappa shape index (κ2) is 10.3. The highest BCUT2D eigenvalue weighted by molar-refractivity contribution is 9.10. The molecule has 0 unspecified atom stereocenters. The Balaban J connectivity index is 1.62. The topological polar surface area (TPSA) is 56.1 Å². The first-order valence-electron chi connectivity index (χ1n) is 10.4. The number of alkyl halides is 3. The number of benzene rings is 3. The highest BCUT2D eigenvalue weighted by Gasteiger charge is 2.29. The van der Waals surface area contributed by atoms with E-state index in [9.17, 15) is 22.4 Å². The molecule has 1 N–H and O–H groups in total. The van der Waals surface area contributed by atoms with Gasteiger partial charge in [-0.05, 0) is 46.3 Å². The van der Waals surface area contributed by atoms with Crippen LogP contribution in [0.5, 0.6) is 5.75 Å². The summed E-state index contributed by atoms with van der Waals surface area (Å²) in [4.78, 5) is 13.1. The Kier molecular flexibility index (Phi) is 7.20. The Morgan fingerprint density at radius 1 is 0.971 bits per heavy atom. The number of carbonyl (C=O) groups is 1. The summed E-state index contributed by atoms with van der Waals surface area (Å²) in [5.41, 5.74) is 2.32. The van der Waals surface area contributed by atoms with Gasteiger partial charge in [-0.3, -0.25) is 4.79 Å². The number of ether oxygens (including phenoxy) is 1. The summed E-state index contributed by atoms with van der Waals surface area (Å²) in [6, 6.07) is 21.0. The van der Waals surface area contributed by atoms with E-state index >= 15 is 0 Å². The van der Waals surface area contributed by atoms with E-state index in [0.717, 1.165) is 5.56 Å². The van der Waals surface area contributed by atoms with Gasteiger partial charge < -0.3 is 10.1 Å². The van der Waals surface area contributed by atoms with Gasteiger partial charge in [0.15, 0.2) is 12.3 Å². The minimum absolute atomic E-state index is 0.0195. The maximum Gasteiger partial charge on any atom is 0.422 e. The molecule has 5 nitrogen and oxygen atoms in total. The third kappa shape index (κ3) is 5.89. The number of rotatable bonds is 7. The van der Waals surface area contributed by atoms with E-state index in [1.807, 2.05) is 30.3 Å². The van der Waals surface area contributed by atoms with E-state index < -0.39 is 24.5 Å². The fraction of sp³-hybridized carbons (Fsp3) is 0.120. The molecule has 1 aromatic heterocycles. The summed E-state index contributed by atoms with van der Waals surface area (Å²) in [7, 11) is 0. The molecule has 1 amide bonds. The minimum Gasteiger partial charge on any atom is -0.484 e. The second-order valence-electron chi connectivity index (χ2n) is 7.46. The SMILES string of the molecule is O=C(NCc1ccccc1OCC(F)(F)F)c1nn(-c2ccc(F)cc2)c(-c2ccccc2)c1Br. The average Bonchev–Trinajstić information content (AvgIpc) is 3.19. The number of nitrogens with one attached hydrogen (secondary N) is 1. The molecule has 0 saturated carbocycles. The predicted molar refractivity (Wildman–Crippen MR) is 126 cm³/mol. The first-order valence-corrected chi connectivity index (χ1v) is 11.2. The van der Waals surface area contributed by atoms with Gasteiger partial charge in [-0.2, -0.15) is 18.3 Å². The van der Waals surface area contributed by atoms with Crippen molar-refractivity contribution in [2.24, 2.45) is 0 Å². The lowest BCUT2D eigenvalue weighted by molar-refractivity contribution is -0.153. The number of nitrogens with zero attached hydrogens (tertiary/aromatic N) is 2. The van der Waals surface area contributed by atoms with E-state index in [0.29, 0.717) is 21.4 Å². The smallest absolute Gasteiger partial charge is 0.422 e. The lowest BCUT2D eigenvalue weighted by Crippen LogP contribution is -2.25. The highest BCUT2D eigenvalue weighted by atomic mass is 79.9. The molecular weight excluding hydrogens is 530 g/mol. The van der Waals surface area contributed by atoms with Crippen molar-refractivity contribution >= 4 is 21.8 Å². The molecule has 0 spiro atoms. The Bertz CT molecular complexity index is 1320. The summed E-state index contributed by atoms with van der Waals surface area (Å²) in [5, 5.41) is 7.12. The number of para-hydroxylation sites is 1. The number of halogens is 5. The molecule has 35 heavy (non-hydrogen) atoms. The molecule has 0 fully saturated rings. The van der Waals surface area contributed by atoms with E-state index in [1.165, 1.54) is 35.0 Å². The molecule has 0 aliphatic carbocycles. The molecular formula is C25H18BrF4N3O2. The van der Waals surface area contributed by atoms with Crippen LogP contribution in [0.4, 0.5) is 17.6 Å². The predicted octanol–water partition coefficient (Wildman–Crippen LogP) is 6.31. The number of hydrogen-bond donors (Lipinski definition) is 1. The first kappa shape index (κ1) is 24.5. The number of carbonyl (C=O) groups excluding carboxylic acids is 1. The fourth-order valence-electron chi connectivity index (χ4n) is 3.37. The molecule has 10 heteroatoms. The molecule has 180 valence electrons. The molecule has 4 aromatic rings. The molecule has 0 aliphatic heterocycles. The first-order chi connectivity index (χ1) is 16.7. The van der Waals surface area contributed by atoms with Crippen LogP contribution < -0.4 is 10.1 Å². The number of amides is 1. The van der Waals surface area contributed by atoms with Gasteiger partial charge in [0.25, 0.3) is 5.91 Å². The monoisotopic (exact) mass is 547 g/mol. The normalized spacial score (nSPS) is 11.3. The van der Waals surface area contributed by atoms with Crippen molar-refractivity contribution < 1.29 is 27.1 Å². The molecule has 3 aromatic carbocycles. The zero-order valence-corrected chi connectivity index (χ0v) is 19.6. The van der Waals surface area contributed by atoms with E-state index in [2.05, 4.69) is 26.3 Å². The van der Waals surface area contributed by atoms with Gasteiger partial charge in [0.05, 0.1) is 15.9 Å².